The molecule has 1 aromatic rings. The molecule has 3 N–H and O–H groups in total. The fraction of sp³-hybridized carbons (Fsp3) is 0.385. The van der Waals surface area contributed by atoms with E-state index in [1.807, 2.05) is 6.92 Å². The highest BCUT2D eigenvalue weighted by atomic mass is 16.4. The molecular formula is C13H17NO3. The number of carbonyl (C=O) groups is 2. The first-order chi connectivity index (χ1) is 8.04. The van der Waals surface area contributed by atoms with Crippen molar-refractivity contribution in [1.82, 2.24) is 0 Å². The van der Waals surface area contributed by atoms with Crippen LogP contribution in [0.25, 0.3) is 0 Å². The lowest BCUT2D eigenvalue weighted by Crippen LogP contribution is -2.32. The number of nitrogens with two attached hydrogens (primary N) is 1. The molecule has 0 aliphatic carbocycles. The van der Waals surface area contributed by atoms with E-state index < -0.39 is 12.0 Å². The number of carboxylic acid groups (broad SMARTS) is 1. The Balaban J connectivity index is 2.68. The van der Waals surface area contributed by atoms with Gasteiger partial charge in [-0.3, -0.25) is 9.59 Å². The van der Waals surface area contributed by atoms with Crippen LogP contribution in [0, 0.1) is 0 Å². The topological polar surface area (TPSA) is 80.4 Å². The molecule has 4 heteroatoms. The molecule has 0 heterocycles. The average Bonchev–Trinajstić information content (AvgIpc) is 2.30. The maximum absolute atomic E-state index is 11.6. The van der Waals surface area contributed by atoms with E-state index in [2.05, 4.69) is 0 Å². The minimum atomic E-state index is -1.02. The smallest absolute Gasteiger partial charge is 0.320 e. The monoisotopic (exact) mass is 235 g/mol. The van der Waals surface area contributed by atoms with Gasteiger partial charge in [0.1, 0.15) is 6.04 Å². The maximum Gasteiger partial charge on any atom is 0.320 e. The van der Waals surface area contributed by atoms with Crippen LogP contribution in [-0.4, -0.2) is 22.9 Å². The Morgan fingerprint density at radius 2 is 1.88 bits per heavy atom. The van der Waals surface area contributed by atoms with Gasteiger partial charge in [0.15, 0.2) is 5.78 Å². The van der Waals surface area contributed by atoms with Gasteiger partial charge >= 0.3 is 5.97 Å². The lowest BCUT2D eigenvalue weighted by molar-refractivity contribution is -0.138. The Bertz CT molecular complexity index is 398. The molecule has 0 spiro atoms. The number of ketones is 1. The molecule has 1 rings (SSSR count). The molecule has 1 atom stereocenters. The Morgan fingerprint density at radius 3 is 2.35 bits per heavy atom. The quantitative estimate of drug-likeness (QED) is 0.734. The molecule has 4 nitrogen and oxygen atoms in total. The van der Waals surface area contributed by atoms with Gasteiger partial charge in [-0.1, -0.05) is 31.2 Å². The molecule has 0 amide bonds. The van der Waals surface area contributed by atoms with Crippen LogP contribution >= 0.6 is 0 Å². The van der Waals surface area contributed by atoms with Crippen LogP contribution in [0.3, 0.4) is 0 Å². The van der Waals surface area contributed by atoms with E-state index in [1.165, 1.54) is 0 Å². The van der Waals surface area contributed by atoms with Crippen molar-refractivity contribution in [3.05, 3.63) is 35.4 Å². The van der Waals surface area contributed by atoms with Gasteiger partial charge < -0.3 is 10.8 Å². The Labute approximate surface area is 100 Å². The highest BCUT2D eigenvalue weighted by Gasteiger charge is 2.12. The Morgan fingerprint density at radius 1 is 1.29 bits per heavy atom. The van der Waals surface area contributed by atoms with Crippen LogP contribution in [0.4, 0.5) is 0 Å². The standard InChI is InChI=1S/C13H17NO3/c1-2-3-12(15)10-6-4-9(5-7-10)8-11(14)13(16)17/h4-7,11H,2-3,8,14H2,1H3,(H,16,17). The first kappa shape index (κ1) is 13.4. The predicted octanol–water partition coefficient (Wildman–Crippen LogP) is 1.62. The number of hydrogen-bond donors (Lipinski definition) is 2. The van der Waals surface area contributed by atoms with Gasteiger partial charge in [-0.05, 0) is 18.4 Å². The van der Waals surface area contributed by atoms with E-state index in [4.69, 9.17) is 10.8 Å². The van der Waals surface area contributed by atoms with Crippen LogP contribution in [0.5, 0.6) is 0 Å². The minimum Gasteiger partial charge on any atom is -0.480 e. The molecule has 0 saturated heterocycles. The number of rotatable bonds is 6. The molecule has 0 aliphatic rings. The van der Waals surface area contributed by atoms with E-state index in [9.17, 15) is 9.59 Å². The zero-order valence-corrected chi connectivity index (χ0v) is 9.85. The van der Waals surface area contributed by atoms with Crippen LogP contribution < -0.4 is 5.73 Å². The second kappa shape index (κ2) is 6.15. The molecule has 0 aromatic heterocycles. The molecule has 0 bridgehead atoms. The third-order valence-corrected chi connectivity index (χ3v) is 2.53. The summed E-state index contributed by atoms with van der Waals surface area (Å²) in [6.07, 6.45) is 1.63. The highest BCUT2D eigenvalue weighted by Crippen LogP contribution is 2.09. The van der Waals surface area contributed by atoms with Gasteiger partial charge in [0, 0.05) is 12.0 Å². The van der Waals surface area contributed by atoms with Crippen molar-refractivity contribution in [2.24, 2.45) is 5.73 Å². The molecule has 0 aliphatic heterocycles. The van der Waals surface area contributed by atoms with E-state index in [1.54, 1.807) is 24.3 Å². The number of carbonyl (C=O) groups excluding carboxylic acids is 1. The fourth-order valence-corrected chi connectivity index (χ4v) is 1.54. The summed E-state index contributed by atoms with van der Waals surface area (Å²) < 4.78 is 0. The summed E-state index contributed by atoms with van der Waals surface area (Å²) in [6, 6.07) is 6.06. The number of benzene rings is 1. The SMILES string of the molecule is CCCC(=O)c1ccc(CC(N)C(=O)O)cc1. The number of carboxylic acids is 1. The van der Waals surface area contributed by atoms with Crippen LogP contribution in [0.2, 0.25) is 0 Å². The highest BCUT2D eigenvalue weighted by molar-refractivity contribution is 5.96. The zero-order valence-electron chi connectivity index (χ0n) is 9.85. The lowest BCUT2D eigenvalue weighted by Gasteiger charge is -2.07. The van der Waals surface area contributed by atoms with Crippen molar-refractivity contribution < 1.29 is 14.7 Å². The zero-order chi connectivity index (χ0) is 12.8. The summed E-state index contributed by atoms with van der Waals surface area (Å²) in [5.41, 5.74) is 6.92. The first-order valence-corrected chi connectivity index (χ1v) is 5.65. The third-order valence-electron chi connectivity index (χ3n) is 2.53. The van der Waals surface area contributed by atoms with E-state index in [-0.39, 0.29) is 12.2 Å². The lowest BCUT2D eigenvalue weighted by atomic mass is 10.0. The predicted molar refractivity (Wildman–Crippen MR) is 65.0 cm³/mol. The van der Waals surface area contributed by atoms with Gasteiger partial charge in [-0.2, -0.15) is 0 Å². The van der Waals surface area contributed by atoms with E-state index >= 15 is 0 Å². The van der Waals surface area contributed by atoms with Crippen molar-refractivity contribution in [1.29, 1.82) is 0 Å². The van der Waals surface area contributed by atoms with Crippen LogP contribution in [0.1, 0.15) is 35.7 Å². The summed E-state index contributed by atoms with van der Waals surface area (Å²) in [5, 5.41) is 8.68. The normalized spacial score (nSPS) is 12.1. The summed E-state index contributed by atoms with van der Waals surface area (Å²) in [6.45, 7) is 1.96. The van der Waals surface area contributed by atoms with E-state index in [0.717, 1.165) is 12.0 Å². The molecule has 17 heavy (non-hydrogen) atoms. The second-order valence-corrected chi connectivity index (χ2v) is 4.02. The number of Topliss-reactive ketones (excluding diaryl/α,β-unsaturated/α-hetero) is 1. The minimum absolute atomic E-state index is 0.113. The number of hydrogen-bond acceptors (Lipinski definition) is 3. The van der Waals surface area contributed by atoms with Gasteiger partial charge in [0.05, 0.1) is 0 Å². The summed E-state index contributed by atoms with van der Waals surface area (Å²) in [5.74, 6) is -0.905. The average molecular weight is 235 g/mol. The van der Waals surface area contributed by atoms with Gasteiger partial charge in [-0.25, -0.2) is 0 Å². The van der Waals surface area contributed by atoms with Gasteiger partial charge in [0.2, 0.25) is 0 Å². The van der Waals surface area contributed by atoms with Gasteiger partial charge in [0.25, 0.3) is 0 Å². The van der Waals surface area contributed by atoms with Crippen molar-refractivity contribution in [3.8, 4) is 0 Å². The molecular weight excluding hydrogens is 218 g/mol. The Kier molecular flexibility index (Phi) is 4.84. The molecule has 0 saturated carbocycles. The van der Waals surface area contributed by atoms with Crippen LogP contribution in [-0.2, 0) is 11.2 Å². The summed E-state index contributed by atoms with van der Waals surface area (Å²) >= 11 is 0. The molecule has 0 radical (unpaired) electrons. The first-order valence-electron chi connectivity index (χ1n) is 5.65. The van der Waals surface area contributed by atoms with Crippen molar-refractivity contribution in [3.63, 3.8) is 0 Å². The second-order valence-electron chi connectivity index (χ2n) is 4.02. The molecule has 92 valence electrons. The fourth-order valence-electron chi connectivity index (χ4n) is 1.54. The Hall–Kier alpha value is -1.68. The summed E-state index contributed by atoms with van der Waals surface area (Å²) in [4.78, 5) is 22.2. The summed E-state index contributed by atoms with van der Waals surface area (Å²) in [7, 11) is 0. The van der Waals surface area contributed by atoms with Gasteiger partial charge in [-0.15, -0.1) is 0 Å². The third kappa shape index (κ3) is 4.00. The largest absolute Gasteiger partial charge is 0.480 e. The molecule has 1 unspecified atom stereocenters. The maximum atomic E-state index is 11.6. The van der Waals surface area contributed by atoms with Crippen LogP contribution in [0.15, 0.2) is 24.3 Å². The van der Waals surface area contributed by atoms with Crippen molar-refractivity contribution >= 4 is 11.8 Å². The van der Waals surface area contributed by atoms with E-state index in [0.29, 0.717) is 12.0 Å². The molecule has 0 fully saturated rings. The van der Waals surface area contributed by atoms with Crippen molar-refractivity contribution in [2.75, 3.05) is 0 Å². The molecule has 1 aromatic carbocycles. The van der Waals surface area contributed by atoms with Crippen molar-refractivity contribution in [2.45, 2.75) is 32.2 Å². The number of aliphatic carboxylic acids is 1.